The Balaban J connectivity index is 1.62. The van der Waals surface area contributed by atoms with Crippen LogP contribution >= 0.6 is 0 Å². The second-order valence-electron chi connectivity index (χ2n) is 18.4. The van der Waals surface area contributed by atoms with Gasteiger partial charge >= 0.3 is 0 Å². The Morgan fingerprint density at radius 3 is 1.66 bits per heavy atom. The zero-order chi connectivity index (χ0) is 30.2. The van der Waals surface area contributed by atoms with E-state index in [1.54, 1.807) is 23.1 Å². The number of benzene rings is 1. The summed E-state index contributed by atoms with van der Waals surface area (Å²) in [5.41, 5.74) is 7.32. The van der Waals surface area contributed by atoms with Crippen LogP contribution in [0.3, 0.4) is 0 Å². The molecule has 0 aliphatic heterocycles. The van der Waals surface area contributed by atoms with E-state index in [1.807, 2.05) is 0 Å². The van der Waals surface area contributed by atoms with E-state index in [2.05, 4.69) is 108 Å². The first-order valence-electron chi connectivity index (χ1n) is 18.2. The highest BCUT2D eigenvalue weighted by Crippen LogP contribution is 2.69. The summed E-state index contributed by atoms with van der Waals surface area (Å²) in [5, 5.41) is 0. The van der Waals surface area contributed by atoms with E-state index < -0.39 is 8.07 Å². The minimum atomic E-state index is -1.51. The Bertz CT molecular complexity index is 1020. The molecule has 0 nitrogen and oxygen atoms in total. The summed E-state index contributed by atoms with van der Waals surface area (Å²) in [6, 6.07) is 11.0. The molecule has 11 atom stereocenters. The van der Waals surface area contributed by atoms with Gasteiger partial charge < -0.3 is 0 Å². The molecule has 0 aromatic heterocycles. The third-order valence-electron chi connectivity index (χ3n) is 14.8. The van der Waals surface area contributed by atoms with Crippen LogP contribution in [0.15, 0.2) is 18.2 Å². The molecular weight excluding hydrogens is 509 g/mol. The molecule has 4 aliphatic carbocycles. The monoisotopic (exact) mass is 577 g/mol. The first kappa shape index (κ1) is 31.8. The molecule has 5 rings (SSSR count). The molecule has 11 unspecified atom stereocenters. The van der Waals surface area contributed by atoms with Crippen LogP contribution in [0.5, 0.6) is 0 Å². The van der Waals surface area contributed by atoms with Crippen LogP contribution in [0.2, 0.25) is 23.2 Å². The van der Waals surface area contributed by atoms with Crippen molar-refractivity contribution in [1.29, 1.82) is 0 Å². The van der Waals surface area contributed by atoms with E-state index in [4.69, 9.17) is 0 Å². The van der Waals surface area contributed by atoms with Crippen LogP contribution in [0.1, 0.15) is 145 Å². The molecule has 0 spiro atoms. The minimum Gasteiger partial charge on any atom is -0.0678 e. The van der Waals surface area contributed by atoms with E-state index in [-0.39, 0.29) is 10.8 Å². The molecule has 0 amide bonds. The van der Waals surface area contributed by atoms with Crippen molar-refractivity contribution in [2.75, 3.05) is 0 Å². The van der Waals surface area contributed by atoms with Gasteiger partial charge in [-0.1, -0.05) is 133 Å². The Labute approximate surface area is 257 Å². The second-order valence-corrected chi connectivity index (χ2v) is 23.6. The minimum absolute atomic E-state index is 0.194. The van der Waals surface area contributed by atoms with Gasteiger partial charge in [-0.15, -0.1) is 0 Å². The zero-order valence-electron chi connectivity index (χ0n) is 29.6. The van der Waals surface area contributed by atoms with Gasteiger partial charge in [0.15, 0.2) is 0 Å². The van der Waals surface area contributed by atoms with Gasteiger partial charge in [0.25, 0.3) is 0 Å². The first-order chi connectivity index (χ1) is 19.1. The molecule has 0 bridgehead atoms. The number of rotatable bonds is 5. The zero-order valence-corrected chi connectivity index (χ0v) is 30.6. The van der Waals surface area contributed by atoms with Gasteiger partial charge in [0.1, 0.15) is 0 Å². The summed E-state index contributed by atoms with van der Waals surface area (Å²) >= 11 is 0. The third kappa shape index (κ3) is 5.17. The van der Waals surface area contributed by atoms with Crippen molar-refractivity contribution in [3.8, 4) is 0 Å². The van der Waals surface area contributed by atoms with Gasteiger partial charge in [0.2, 0.25) is 0 Å². The molecule has 0 heterocycles. The first-order valence-corrected chi connectivity index (χ1v) is 20.8. The predicted molar refractivity (Wildman–Crippen MR) is 184 cm³/mol. The highest BCUT2D eigenvalue weighted by atomic mass is 28.3. The fraction of sp³-hybridized carbons (Fsp3) is 0.850. The largest absolute Gasteiger partial charge is 0.0678 e. The van der Waals surface area contributed by atoms with Crippen molar-refractivity contribution < 1.29 is 0 Å². The Morgan fingerprint density at radius 2 is 1.17 bits per heavy atom. The normalized spacial score (nSPS) is 41.5. The van der Waals surface area contributed by atoms with E-state index in [1.165, 1.54) is 37.8 Å². The van der Waals surface area contributed by atoms with Crippen LogP contribution in [0.4, 0.5) is 0 Å². The van der Waals surface area contributed by atoms with Crippen molar-refractivity contribution in [3.63, 3.8) is 0 Å². The van der Waals surface area contributed by atoms with Gasteiger partial charge in [0.05, 0.1) is 8.07 Å². The van der Waals surface area contributed by atoms with Crippen molar-refractivity contribution in [1.82, 2.24) is 0 Å². The summed E-state index contributed by atoms with van der Waals surface area (Å²) < 4.78 is 0. The maximum absolute atomic E-state index is 2.74. The van der Waals surface area contributed by atoms with Crippen LogP contribution in [-0.2, 0) is 10.8 Å². The smallest absolute Gasteiger partial charge is 0.0603 e. The number of hydrogen-bond donors (Lipinski definition) is 0. The maximum atomic E-state index is 2.74. The van der Waals surface area contributed by atoms with E-state index >= 15 is 0 Å². The summed E-state index contributed by atoms with van der Waals surface area (Å²) in [7, 11) is -1.51. The average molecular weight is 577 g/mol. The Morgan fingerprint density at radius 1 is 0.634 bits per heavy atom. The Hall–Kier alpha value is -0.563. The van der Waals surface area contributed by atoms with E-state index in [0.29, 0.717) is 0 Å². The average Bonchev–Trinajstić information content (AvgIpc) is 3.55. The van der Waals surface area contributed by atoms with Gasteiger partial charge in [-0.05, 0) is 117 Å². The molecule has 0 radical (unpaired) electrons. The van der Waals surface area contributed by atoms with Crippen molar-refractivity contribution in [2.24, 2.45) is 53.3 Å². The van der Waals surface area contributed by atoms with Gasteiger partial charge in [-0.3, -0.25) is 0 Å². The van der Waals surface area contributed by atoms with Crippen LogP contribution in [0.25, 0.3) is 0 Å². The SMILES string of the molecule is CC[Si](CC)(C1C(C)C(C)C(C)C1C)C1C(C)CC2C1CC1CCCC1C2c1cc(C(C)(C)C)cc(C(C)(C)C)c1. The van der Waals surface area contributed by atoms with Gasteiger partial charge in [-0.2, -0.15) is 0 Å². The lowest BCUT2D eigenvalue weighted by atomic mass is 9.61. The summed E-state index contributed by atoms with van der Waals surface area (Å²) in [6.45, 7) is 33.2. The molecular formula is C40H68Si. The summed E-state index contributed by atoms with van der Waals surface area (Å²) in [6.07, 6.45) is 7.54. The lowest BCUT2D eigenvalue weighted by molar-refractivity contribution is 0.120. The summed E-state index contributed by atoms with van der Waals surface area (Å²) in [4.78, 5) is 0. The predicted octanol–water partition coefficient (Wildman–Crippen LogP) is 12.2. The highest BCUT2D eigenvalue weighted by Gasteiger charge is 2.63. The molecule has 4 saturated carbocycles. The van der Waals surface area contributed by atoms with Crippen molar-refractivity contribution in [3.05, 3.63) is 34.9 Å². The van der Waals surface area contributed by atoms with Crippen LogP contribution < -0.4 is 0 Å². The molecule has 41 heavy (non-hydrogen) atoms. The topological polar surface area (TPSA) is 0 Å². The molecule has 4 fully saturated rings. The van der Waals surface area contributed by atoms with Gasteiger partial charge in [0, 0.05) is 0 Å². The van der Waals surface area contributed by atoms with Gasteiger partial charge in [-0.25, -0.2) is 0 Å². The molecule has 1 heteroatoms. The summed E-state index contributed by atoms with van der Waals surface area (Å²) in [5.74, 6) is 9.08. The molecule has 1 aromatic rings. The number of fused-ring (bicyclic) bond motifs is 2. The Kier molecular flexibility index (Phi) is 8.63. The molecule has 0 saturated heterocycles. The van der Waals surface area contributed by atoms with Crippen molar-refractivity contribution in [2.45, 2.75) is 162 Å². The third-order valence-corrected chi connectivity index (χ3v) is 22.2. The molecule has 4 aliphatic rings. The quantitative estimate of drug-likeness (QED) is 0.306. The maximum Gasteiger partial charge on any atom is 0.0603 e. The number of hydrogen-bond acceptors (Lipinski definition) is 0. The second kappa shape index (κ2) is 11.1. The fourth-order valence-electron chi connectivity index (χ4n) is 12.4. The van der Waals surface area contributed by atoms with E-state index in [9.17, 15) is 0 Å². The van der Waals surface area contributed by atoms with Crippen molar-refractivity contribution >= 4 is 8.07 Å². The highest BCUT2D eigenvalue weighted by molar-refractivity contribution is 6.82. The fourth-order valence-corrected chi connectivity index (χ4v) is 20.5. The lowest BCUT2D eigenvalue weighted by Crippen LogP contribution is -2.51. The molecule has 1 aromatic carbocycles. The molecule has 0 N–H and O–H groups in total. The van der Waals surface area contributed by atoms with E-state index in [0.717, 1.165) is 70.3 Å². The van der Waals surface area contributed by atoms with Crippen LogP contribution in [0, 0.1) is 53.3 Å². The standard InChI is InChI=1S/C40H68Si/c1-14-41(15-2,38-27(6)25(4)26(5)28(38)7)37-24(3)19-34-35(37)22-29-17-16-18-33(29)36(34)30-20-31(39(8,9)10)23-32(21-30)40(11,12)13/h20-21,23-29,33-38H,14-19,22H2,1-13H3. The van der Waals surface area contributed by atoms with Crippen LogP contribution in [-0.4, -0.2) is 8.07 Å². The molecule has 232 valence electrons. The lowest BCUT2D eigenvalue weighted by Gasteiger charge is -2.52.